The van der Waals surface area contributed by atoms with Crippen LogP contribution in [0, 0.1) is 11.7 Å². The average Bonchev–Trinajstić information content (AvgIpc) is 2.39. The Morgan fingerprint density at radius 2 is 2.05 bits per heavy atom. The zero-order valence-electron chi connectivity index (χ0n) is 10.7. The van der Waals surface area contributed by atoms with E-state index in [4.69, 9.17) is 10.2 Å². The molecule has 0 aliphatic carbocycles. The highest BCUT2D eigenvalue weighted by Gasteiger charge is 2.23. The van der Waals surface area contributed by atoms with Gasteiger partial charge in [-0.05, 0) is 24.8 Å². The Hall–Kier alpha value is -1.62. The molecule has 0 amide bonds. The number of piperidine rings is 1. The molecule has 2 rings (SSSR count). The maximum absolute atomic E-state index is 14.1. The van der Waals surface area contributed by atoms with Crippen LogP contribution in [0.5, 0.6) is 0 Å². The summed E-state index contributed by atoms with van der Waals surface area (Å²) in [4.78, 5) is 12.6. The molecule has 0 saturated carbocycles. The SMILES string of the molecule is O=C(O)CC1CCN(c2cccc(CO)c2F)CC1. The molecule has 1 fully saturated rings. The topological polar surface area (TPSA) is 60.8 Å². The van der Waals surface area contributed by atoms with Gasteiger partial charge in [-0.3, -0.25) is 4.79 Å². The number of hydrogen-bond acceptors (Lipinski definition) is 3. The van der Waals surface area contributed by atoms with Crippen molar-refractivity contribution >= 4 is 11.7 Å². The molecule has 2 N–H and O–H groups in total. The fourth-order valence-electron chi connectivity index (χ4n) is 2.56. The Bertz CT molecular complexity index is 456. The summed E-state index contributed by atoms with van der Waals surface area (Å²) in [5, 5.41) is 17.8. The summed E-state index contributed by atoms with van der Waals surface area (Å²) in [6, 6.07) is 5.00. The van der Waals surface area contributed by atoms with Crippen molar-refractivity contribution in [2.45, 2.75) is 25.9 Å². The van der Waals surface area contributed by atoms with Crippen LogP contribution in [0.15, 0.2) is 18.2 Å². The smallest absolute Gasteiger partial charge is 0.303 e. The zero-order chi connectivity index (χ0) is 13.8. The molecular formula is C14H18FNO3. The first-order chi connectivity index (χ1) is 9.11. The lowest BCUT2D eigenvalue weighted by Gasteiger charge is -2.33. The van der Waals surface area contributed by atoms with Gasteiger partial charge in [0.05, 0.1) is 12.3 Å². The number of hydrogen-bond donors (Lipinski definition) is 2. The molecule has 0 spiro atoms. The predicted molar refractivity (Wildman–Crippen MR) is 69.5 cm³/mol. The molecule has 1 aromatic carbocycles. The van der Waals surface area contributed by atoms with Crippen LogP contribution in [-0.4, -0.2) is 29.3 Å². The van der Waals surface area contributed by atoms with Gasteiger partial charge in [-0.25, -0.2) is 4.39 Å². The van der Waals surface area contributed by atoms with Gasteiger partial charge in [0.1, 0.15) is 0 Å². The van der Waals surface area contributed by atoms with Crippen LogP contribution in [0.1, 0.15) is 24.8 Å². The van der Waals surface area contributed by atoms with Gasteiger partial charge in [-0.15, -0.1) is 0 Å². The van der Waals surface area contributed by atoms with Gasteiger partial charge >= 0.3 is 5.97 Å². The number of carboxylic acid groups (broad SMARTS) is 1. The lowest BCUT2D eigenvalue weighted by atomic mass is 9.93. The molecule has 1 aliphatic heterocycles. The first kappa shape index (κ1) is 13.8. The van der Waals surface area contributed by atoms with Crippen LogP contribution in [0.25, 0.3) is 0 Å². The highest BCUT2D eigenvalue weighted by molar-refractivity contribution is 5.67. The Morgan fingerprint density at radius 1 is 1.37 bits per heavy atom. The van der Waals surface area contributed by atoms with Crippen molar-refractivity contribution in [1.82, 2.24) is 0 Å². The Morgan fingerprint density at radius 3 is 2.63 bits per heavy atom. The molecule has 0 radical (unpaired) electrons. The second kappa shape index (κ2) is 6.02. The van der Waals surface area contributed by atoms with E-state index >= 15 is 0 Å². The average molecular weight is 267 g/mol. The molecular weight excluding hydrogens is 249 g/mol. The van der Waals surface area contributed by atoms with E-state index in [-0.39, 0.29) is 24.8 Å². The highest BCUT2D eigenvalue weighted by atomic mass is 19.1. The molecule has 4 nitrogen and oxygen atoms in total. The number of anilines is 1. The van der Waals surface area contributed by atoms with Gasteiger partial charge in [0.15, 0.2) is 5.82 Å². The van der Waals surface area contributed by atoms with Gasteiger partial charge in [0.2, 0.25) is 0 Å². The molecule has 104 valence electrons. The van der Waals surface area contributed by atoms with Gasteiger partial charge in [0.25, 0.3) is 0 Å². The van der Waals surface area contributed by atoms with Gasteiger partial charge in [-0.1, -0.05) is 12.1 Å². The van der Waals surface area contributed by atoms with Crippen molar-refractivity contribution in [2.75, 3.05) is 18.0 Å². The van der Waals surface area contributed by atoms with E-state index in [1.807, 2.05) is 4.90 Å². The molecule has 0 unspecified atom stereocenters. The second-order valence-electron chi connectivity index (χ2n) is 4.94. The highest BCUT2D eigenvalue weighted by Crippen LogP contribution is 2.28. The van der Waals surface area contributed by atoms with E-state index in [2.05, 4.69) is 0 Å². The lowest BCUT2D eigenvalue weighted by molar-refractivity contribution is -0.138. The summed E-state index contributed by atoms with van der Waals surface area (Å²) in [5.74, 6) is -0.966. The number of carbonyl (C=O) groups is 1. The number of halogens is 1. The molecule has 1 aliphatic rings. The fourth-order valence-corrected chi connectivity index (χ4v) is 2.56. The normalized spacial score (nSPS) is 16.6. The second-order valence-corrected chi connectivity index (χ2v) is 4.94. The fraction of sp³-hybridized carbons (Fsp3) is 0.500. The molecule has 1 heterocycles. The minimum absolute atomic E-state index is 0.179. The van der Waals surface area contributed by atoms with E-state index in [9.17, 15) is 9.18 Å². The van der Waals surface area contributed by atoms with Crippen molar-refractivity contribution in [2.24, 2.45) is 5.92 Å². The Balaban J connectivity index is 2.03. The van der Waals surface area contributed by atoms with Crippen LogP contribution < -0.4 is 4.90 Å². The van der Waals surface area contributed by atoms with Gasteiger partial charge in [-0.2, -0.15) is 0 Å². The molecule has 19 heavy (non-hydrogen) atoms. The number of aliphatic hydroxyl groups is 1. The number of benzene rings is 1. The standard InChI is InChI=1S/C14H18FNO3/c15-14-11(9-17)2-1-3-12(14)16-6-4-10(5-7-16)8-13(18)19/h1-3,10,17H,4-9H2,(H,18,19). The zero-order valence-corrected chi connectivity index (χ0v) is 10.7. The molecule has 1 saturated heterocycles. The van der Waals surface area contributed by atoms with E-state index < -0.39 is 5.97 Å². The van der Waals surface area contributed by atoms with Crippen molar-refractivity contribution in [1.29, 1.82) is 0 Å². The minimum Gasteiger partial charge on any atom is -0.481 e. The van der Waals surface area contributed by atoms with Crippen molar-refractivity contribution in [3.8, 4) is 0 Å². The van der Waals surface area contributed by atoms with Crippen LogP contribution in [-0.2, 0) is 11.4 Å². The number of nitrogens with zero attached hydrogens (tertiary/aromatic N) is 1. The number of carboxylic acids is 1. The van der Waals surface area contributed by atoms with E-state index in [0.717, 1.165) is 12.8 Å². The molecule has 1 aromatic rings. The Kier molecular flexibility index (Phi) is 4.37. The summed E-state index contributed by atoms with van der Waals surface area (Å²) in [6.07, 6.45) is 1.71. The number of aliphatic hydroxyl groups excluding tert-OH is 1. The van der Waals surface area contributed by atoms with Crippen molar-refractivity contribution < 1.29 is 19.4 Å². The quantitative estimate of drug-likeness (QED) is 0.876. The monoisotopic (exact) mass is 267 g/mol. The van der Waals surface area contributed by atoms with Crippen molar-refractivity contribution in [3.63, 3.8) is 0 Å². The van der Waals surface area contributed by atoms with Crippen LogP contribution in [0.2, 0.25) is 0 Å². The molecule has 0 aromatic heterocycles. The molecule has 0 atom stereocenters. The molecule has 5 heteroatoms. The van der Waals surface area contributed by atoms with Crippen LogP contribution in [0.4, 0.5) is 10.1 Å². The third-order valence-corrected chi connectivity index (χ3v) is 3.65. The number of rotatable bonds is 4. The molecule has 0 bridgehead atoms. The van der Waals surface area contributed by atoms with Crippen LogP contribution >= 0.6 is 0 Å². The summed E-state index contributed by atoms with van der Waals surface area (Å²) in [6.45, 7) is 1.00. The van der Waals surface area contributed by atoms with E-state index in [1.54, 1.807) is 18.2 Å². The first-order valence-electron chi connectivity index (χ1n) is 6.46. The summed E-state index contributed by atoms with van der Waals surface area (Å²) < 4.78 is 14.1. The third-order valence-electron chi connectivity index (χ3n) is 3.65. The summed E-state index contributed by atoms with van der Waals surface area (Å²) in [7, 11) is 0. The van der Waals surface area contributed by atoms with Crippen molar-refractivity contribution in [3.05, 3.63) is 29.6 Å². The summed E-state index contributed by atoms with van der Waals surface area (Å²) in [5.41, 5.74) is 0.797. The minimum atomic E-state index is -0.771. The first-order valence-corrected chi connectivity index (χ1v) is 6.46. The maximum Gasteiger partial charge on any atom is 0.303 e. The van der Waals surface area contributed by atoms with E-state index in [0.29, 0.717) is 24.3 Å². The predicted octanol–water partition coefficient (Wildman–Crippen LogP) is 2.01. The van der Waals surface area contributed by atoms with Gasteiger partial charge in [0, 0.05) is 25.1 Å². The van der Waals surface area contributed by atoms with E-state index in [1.165, 1.54) is 0 Å². The Labute approximate surface area is 111 Å². The lowest BCUT2D eigenvalue weighted by Crippen LogP contribution is -2.35. The van der Waals surface area contributed by atoms with Crippen LogP contribution in [0.3, 0.4) is 0 Å². The third kappa shape index (κ3) is 3.23. The van der Waals surface area contributed by atoms with Gasteiger partial charge < -0.3 is 15.1 Å². The summed E-state index contributed by atoms with van der Waals surface area (Å²) >= 11 is 0. The number of aliphatic carboxylic acids is 1. The maximum atomic E-state index is 14.1. The largest absolute Gasteiger partial charge is 0.481 e.